The number of nitrogens with one attached hydrogen (secondary N) is 1. The Hall–Kier alpha value is -2.54. The number of carbonyl (C=O) groups is 1. The van der Waals surface area contributed by atoms with E-state index in [4.69, 9.17) is 4.74 Å². The molecule has 0 bridgehead atoms. The second kappa shape index (κ2) is 7.57. The van der Waals surface area contributed by atoms with E-state index in [0.29, 0.717) is 17.1 Å². The highest BCUT2D eigenvalue weighted by Crippen LogP contribution is 2.30. The lowest BCUT2D eigenvalue weighted by atomic mass is 10.2. The van der Waals surface area contributed by atoms with Crippen LogP contribution >= 0.6 is 0 Å². The largest absolute Gasteiger partial charge is 0.495 e. The minimum atomic E-state index is -3.67. The maximum atomic E-state index is 12.4. The molecule has 0 unspecified atom stereocenters. The summed E-state index contributed by atoms with van der Waals surface area (Å²) in [6.45, 7) is 3.45. The van der Waals surface area contributed by atoms with E-state index >= 15 is 0 Å². The third-order valence-electron chi connectivity index (χ3n) is 3.63. The zero-order chi connectivity index (χ0) is 18.6. The summed E-state index contributed by atoms with van der Waals surface area (Å²) in [5, 5.41) is 2.71. The molecule has 2 aromatic rings. The molecule has 134 valence electrons. The summed E-state index contributed by atoms with van der Waals surface area (Å²) in [6.07, 6.45) is 1.06. The topological polar surface area (TPSA) is 75.7 Å². The fraction of sp³-hybridized carbons (Fsp3) is 0.278. The molecule has 0 radical (unpaired) electrons. The first-order valence-electron chi connectivity index (χ1n) is 7.69. The van der Waals surface area contributed by atoms with Gasteiger partial charge in [-0.2, -0.15) is 0 Å². The van der Waals surface area contributed by atoms with Crippen molar-refractivity contribution in [2.24, 2.45) is 0 Å². The molecule has 25 heavy (non-hydrogen) atoms. The third-order valence-corrected chi connectivity index (χ3v) is 4.75. The van der Waals surface area contributed by atoms with Crippen LogP contribution in [-0.2, 0) is 14.8 Å². The highest BCUT2D eigenvalue weighted by atomic mass is 32.2. The van der Waals surface area contributed by atoms with Crippen LogP contribution in [0.3, 0.4) is 0 Å². The number of methoxy groups -OCH3 is 1. The van der Waals surface area contributed by atoms with Gasteiger partial charge in [0.15, 0.2) is 0 Å². The van der Waals surface area contributed by atoms with Crippen LogP contribution in [0.15, 0.2) is 42.5 Å². The number of amides is 1. The van der Waals surface area contributed by atoms with Crippen molar-refractivity contribution in [3.63, 3.8) is 0 Å². The number of sulfonamides is 1. The van der Waals surface area contributed by atoms with E-state index in [2.05, 4.69) is 5.32 Å². The maximum absolute atomic E-state index is 12.4. The Morgan fingerprint density at radius 2 is 1.68 bits per heavy atom. The molecule has 0 heterocycles. The average molecular weight is 362 g/mol. The Labute approximate surface area is 148 Å². The molecule has 0 saturated carbocycles. The summed E-state index contributed by atoms with van der Waals surface area (Å²) < 4.78 is 30.8. The van der Waals surface area contributed by atoms with Gasteiger partial charge < -0.3 is 10.1 Å². The fourth-order valence-electron chi connectivity index (χ4n) is 2.34. The first-order valence-corrected chi connectivity index (χ1v) is 9.54. The molecule has 1 N–H and O–H groups in total. The number of nitrogens with zero attached hydrogens (tertiary/aromatic N) is 1. The monoisotopic (exact) mass is 362 g/mol. The zero-order valence-electron chi connectivity index (χ0n) is 14.7. The van der Waals surface area contributed by atoms with E-state index in [0.717, 1.165) is 21.7 Å². The van der Waals surface area contributed by atoms with Crippen LogP contribution in [0.2, 0.25) is 0 Å². The molecule has 2 rings (SSSR count). The summed E-state index contributed by atoms with van der Waals surface area (Å²) in [7, 11) is -2.21. The van der Waals surface area contributed by atoms with Gasteiger partial charge in [-0.05, 0) is 43.7 Å². The molecule has 0 atom stereocenters. The molecule has 0 aliphatic carbocycles. The van der Waals surface area contributed by atoms with Crippen LogP contribution in [0.1, 0.15) is 11.1 Å². The van der Waals surface area contributed by atoms with Gasteiger partial charge in [-0.1, -0.05) is 23.8 Å². The highest BCUT2D eigenvalue weighted by Gasteiger charge is 2.24. The van der Waals surface area contributed by atoms with Crippen molar-refractivity contribution in [1.29, 1.82) is 0 Å². The van der Waals surface area contributed by atoms with E-state index in [9.17, 15) is 13.2 Å². The summed E-state index contributed by atoms with van der Waals surface area (Å²) in [5.41, 5.74) is 2.88. The molecule has 0 aliphatic rings. The second-order valence-corrected chi connectivity index (χ2v) is 7.77. The van der Waals surface area contributed by atoms with Gasteiger partial charge in [0, 0.05) is 5.69 Å². The van der Waals surface area contributed by atoms with Crippen LogP contribution in [0.4, 0.5) is 11.4 Å². The van der Waals surface area contributed by atoms with Gasteiger partial charge >= 0.3 is 0 Å². The van der Waals surface area contributed by atoms with Crippen molar-refractivity contribution in [3.8, 4) is 5.75 Å². The molecule has 1 amide bonds. The molecule has 0 fully saturated rings. The molecule has 0 aromatic heterocycles. The zero-order valence-corrected chi connectivity index (χ0v) is 15.6. The van der Waals surface area contributed by atoms with Crippen molar-refractivity contribution in [3.05, 3.63) is 53.6 Å². The summed E-state index contributed by atoms with van der Waals surface area (Å²) in [5.74, 6) is -0.0444. The molecule has 0 aliphatic heterocycles. The molecular formula is C18H22N2O4S. The van der Waals surface area contributed by atoms with Crippen LogP contribution in [-0.4, -0.2) is 34.2 Å². The van der Waals surface area contributed by atoms with Gasteiger partial charge in [-0.25, -0.2) is 8.42 Å². The van der Waals surface area contributed by atoms with Crippen LogP contribution < -0.4 is 14.4 Å². The number of aryl methyl sites for hydroxylation is 2. The van der Waals surface area contributed by atoms with Gasteiger partial charge in [0.1, 0.15) is 12.3 Å². The molecule has 0 saturated heterocycles. The Balaban J connectivity index is 2.29. The first-order chi connectivity index (χ1) is 11.7. The Kier molecular flexibility index (Phi) is 5.69. The van der Waals surface area contributed by atoms with Crippen LogP contribution in [0, 0.1) is 13.8 Å². The Morgan fingerprint density at radius 1 is 1.08 bits per heavy atom. The summed E-state index contributed by atoms with van der Waals surface area (Å²) in [6, 6.07) is 12.5. The fourth-order valence-corrected chi connectivity index (χ4v) is 3.20. The van der Waals surface area contributed by atoms with E-state index in [1.807, 2.05) is 32.0 Å². The quantitative estimate of drug-likeness (QED) is 0.857. The van der Waals surface area contributed by atoms with Crippen LogP contribution in [0.25, 0.3) is 0 Å². The van der Waals surface area contributed by atoms with E-state index < -0.39 is 15.9 Å². The number of rotatable bonds is 6. The Morgan fingerprint density at radius 3 is 2.24 bits per heavy atom. The van der Waals surface area contributed by atoms with Gasteiger partial charge in [-0.3, -0.25) is 9.10 Å². The number of hydrogen-bond donors (Lipinski definition) is 1. The molecule has 2 aromatic carbocycles. The SMILES string of the molecule is COc1ccc(C)cc1N(CC(=O)Nc1ccc(C)cc1)S(C)(=O)=O. The number of carbonyl (C=O) groups excluding carboxylic acids is 1. The van der Waals surface area contributed by atoms with Crippen molar-refractivity contribution in [1.82, 2.24) is 0 Å². The van der Waals surface area contributed by atoms with Crippen molar-refractivity contribution >= 4 is 27.3 Å². The van der Waals surface area contributed by atoms with Crippen LogP contribution in [0.5, 0.6) is 5.75 Å². The second-order valence-electron chi connectivity index (χ2n) is 5.86. The Bertz CT molecular complexity index is 861. The van der Waals surface area contributed by atoms with Crippen molar-refractivity contribution in [2.75, 3.05) is 29.5 Å². The van der Waals surface area contributed by atoms with E-state index in [1.165, 1.54) is 7.11 Å². The average Bonchev–Trinajstić information content (AvgIpc) is 2.54. The molecule has 0 spiro atoms. The minimum absolute atomic E-state index is 0.337. The third kappa shape index (κ3) is 4.96. The number of hydrogen-bond acceptors (Lipinski definition) is 4. The predicted molar refractivity (Wildman–Crippen MR) is 99.7 cm³/mol. The lowest BCUT2D eigenvalue weighted by Gasteiger charge is -2.24. The number of ether oxygens (including phenoxy) is 1. The standard InChI is InChI=1S/C18H22N2O4S/c1-13-5-8-15(9-6-13)19-18(21)12-20(25(4,22)23)16-11-14(2)7-10-17(16)24-3/h5-11H,12H2,1-4H3,(H,19,21). The molecule has 6 nitrogen and oxygen atoms in total. The smallest absolute Gasteiger partial charge is 0.245 e. The van der Waals surface area contributed by atoms with Crippen molar-refractivity contribution in [2.45, 2.75) is 13.8 Å². The highest BCUT2D eigenvalue weighted by molar-refractivity contribution is 7.92. The lowest BCUT2D eigenvalue weighted by Crippen LogP contribution is -2.37. The summed E-state index contributed by atoms with van der Waals surface area (Å²) >= 11 is 0. The normalized spacial score (nSPS) is 11.0. The lowest BCUT2D eigenvalue weighted by molar-refractivity contribution is -0.114. The number of anilines is 2. The number of benzene rings is 2. The van der Waals surface area contributed by atoms with Gasteiger partial charge in [0.2, 0.25) is 15.9 Å². The maximum Gasteiger partial charge on any atom is 0.245 e. The van der Waals surface area contributed by atoms with Gasteiger partial charge in [0.05, 0.1) is 19.1 Å². The summed E-state index contributed by atoms with van der Waals surface area (Å²) in [4.78, 5) is 12.4. The van der Waals surface area contributed by atoms with Crippen molar-refractivity contribution < 1.29 is 17.9 Å². The minimum Gasteiger partial charge on any atom is -0.495 e. The molecular weight excluding hydrogens is 340 g/mol. The first kappa shape index (κ1) is 18.8. The molecule has 7 heteroatoms. The van der Waals surface area contributed by atoms with Gasteiger partial charge in [-0.15, -0.1) is 0 Å². The van der Waals surface area contributed by atoms with E-state index in [-0.39, 0.29) is 6.54 Å². The van der Waals surface area contributed by atoms with Gasteiger partial charge in [0.25, 0.3) is 0 Å². The predicted octanol–water partition coefficient (Wildman–Crippen LogP) is 2.72. The van der Waals surface area contributed by atoms with E-state index in [1.54, 1.807) is 24.3 Å².